The minimum absolute atomic E-state index is 0.0315. The summed E-state index contributed by atoms with van der Waals surface area (Å²) in [5, 5.41) is 12.4. The minimum atomic E-state index is -1.47. The molecule has 9 nitrogen and oxygen atoms in total. The van der Waals surface area contributed by atoms with Crippen molar-refractivity contribution in [3.8, 4) is 23.0 Å². The van der Waals surface area contributed by atoms with Crippen molar-refractivity contribution in [3.63, 3.8) is 0 Å². The second-order valence-corrected chi connectivity index (χ2v) is 9.61. The van der Waals surface area contributed by atoms with E-state index in [0.717, 1.165) is 31.5 Å². The van der Waals surface area contributed by atoms with Gasteiger partial charge in [-0.1, -0.05) is 0 Å². The standard InChI is InChI=1S/C28H37FN2O7/c1-6-36-23-12-18(13-24(25(23)29)37-7-2)17-31-10-8-20(9-11-31)30-26(32)19-14-21(35-5)16-22(15-19)38-28(3,4)27(33)34/h12-16,20H,6-11,17H2,1-5H3,(H,30,32)(H,33,34). The molecule has 0 aliphatic carbocycles. The molecule has 0 radical (unpaired) electrons. The summed E-state index contributed by atoms with van der Waals surface area (Å²) in [5.74, 6) is -0.914. The number of aliphatic carboxylic acids is 1. The van der Waals surface area contributed by atoms with Crippen molar-refractivity contribution in [3.05, 3.63) is 47.3 Å². The van der Waals surface area contributed by atoms with E-state index in [4.69, 9.17) is 18.9 Å². The maximum absolute atomic E-state index is 14.6. The Hall–Kier alpha value is -3.53. The first-order valence-electron chi connectivity index (χ1n) is 12.8. The first kappa shape index (κ1) is 29.0. The molecule has 10 heteroatoms. The Labute approximate surface area is 222 Å². The molecule has 1 heterocycles. The van der Waals surface area contributed by atoms with Crippen molar-refractivity contribution >= 4 is 11.9 Å². The Balaban J connectivity index is 1.62. The summed E-state index contributed by atoms with van der Waals surface area (Å²) < 4.78 is 36.3. The zero-order chi connectivity index (χ0) is 27.9. The lowest BCUT2D eigenvalue weighted by Crippen LogP contribution is -2.44. The topological polar surface area (TPSA) is 107 Å². The number of halogens is 1. The molecule has 0 atom stereocenters. The van der Waals surface area contributed by atoms with Gasteiger partial charge in [0.2, 0.25) is 5.82 Å². The van der Waals surface area contributed by atoms with Crippen LogP contribution in [-0.4, -0.2) is 66.9 Å². The van der Waals surface area contributed by atoms with Gasteiger partial charge in [0.05, 0.1) is 20.3 Å². The van der Waals surface area contributed by atoms with Crippen LogP contribution in [0.4, 0.5) is 4.39 Å². The zero-order valence-corrected chi connectivity index (χ0v) is 22.6. The van der Waals surface area contributed by atoms with Crippen LogP contribution in [0.1, 0.15) is 56.5 Å². The van der Waals surface area contributed by atoms with Crippen molar-refractivity contribution in [2.75, 3.05) is 33.4 Å². The molecule has 2 aromatic carbocycles. The van der Waals surface area contributed by atoms with Crippen LogP contribution < -0.4 is 24.3 Å². The number of rotatable bonds is 12. The molecule has 0 unspecified atom stereocenters. The molecular weight excluding hydrogens is 495 g/mol. The van der Waals surface area contributed by atoms with Crippen LogP contribution in [0.5, 0.6) is 23.0 Å². The van der Waals surface area contributed by atoms with Crippen molar-refractivity contribution in [2.24, 2.45) is 0 Å². The predicted octanol–water partition coefficient (Wildman–Crippen LogP) is 4.27. The molecule has 38 heavy (non-hydrogen) atoms. The lowest BCUT2D eigenvalue weighted by molar-refractivity contribution is -0.152. The van der Waals surface area contributed by atoms with Gasteiger partial charge in [-0.3, -0.25) is 9.69 Å². The fourth-order valence-electron chi connectivity index (χ4n) is 4.22. The highest BCUT2D eigenvalue weighted by Gasteiger charge is 2.30. The molecule has 0 bridgehead atoms. The second-order valence-electron chi connectivity index (χ2n) is 9.61. The number of ether oxygens (including phenoxy) is 4. The third-order valence-corrected chi connectivity index (χ3v) is 6.26. The van der Waals surface area contributed by atoms with Crippen molar-refractivity contribution in [1.29, 1.82) is 0 Å². The molecule has 0 saturated carbocycles. The van der Waals surface area contributed by atoms with Crippen LogP contribution in [0.3, 0.4) is 0 Å². The normalized spacial score (nSPS) is 14.6. The molecule has 208 valence electrons. The molecule has 1 saturated heterocycles. The highest BCUT2D eigenvalue weighted by Crippen LogP contribution is 2.30. The second kappa shape index (κ2) is 12.8. The van der Waals surface area contributed by atoms with E-state index in [9.17, 15) is 19.1 Å². The lowest BCUT2D eigenvalue weighted by Gasteiger charge is -2.32. The maximum Gasteiger partial charge on any atom is 0.347 e. The largest absolute Gasteiger partial charge is 0.497 e. The van der Waals surface area contributed by atoms with E-state index < -0.39 is 17.4 Å². The summed E-state index contributed by atoms with van der Waals surface area (Å²) in [7, 11) is 1.47. The number of nitrogens with one attached hydrogen (secondary N) is 1. The fraction of sp³-hybridized carbons (Fsp3) is 0.500. The van der Waals surface area contributed by atoms with E-state index in [-0.39, 0.29) is 29.2 Å². The molecule has 2 N–H and O–H groups in total. The van der Waals surface area contributed by atoms with Gasteiger partial charge in [0.15, 0.2) is 17.1 Å². The third kappa shape index (κ3) is 7.50. The maximum atomic E-state index is 14.6. The van der Waals surface area contributed by atoms with Gasteiger partial charge in [0, 0.05) is 37.3 Å². The van der Waals surface area contributed by atoms with Crippen LogP contribution in [0, 0.1) is 5.82 Å². The number of amides is 1. The molecule has 2 aromatic rings. The summed E-state index contributed by atoms with van der Waals surface area (Å²) >= 11 is 0. The number of hydrogen-bond donors (Lipinski definition) is 2. The average molecular weight is 533 g/mol. The third-order valence-electron chi connectivity index (χ3n) is 6.26. The van der Waals surface area contributed by atoms with Crippen molar-refractivity contribution in [1.82, 2.24) is 10.2 Å². The minimum Gasteiger partial charge on any atom is -0.497 e. The number of carbonyl (C=O) groups is 2. The first-order valence-corrected chi connectivity index (χ1v) is 12.8. The Morgan fingerprint density at radius 2 is 1.61 bits per heavy atom. The van der Waals surface area contributed by atoms with Gasteiger partial charge in [0.1, 0.15) is 11.5 Å². The molecular formula is C28H37FN2O7. The van der Waals surface area contributed by atoms with E-state index in [2.05, 4.69) is 10.2 Å². The molecule has 3 rings (SSSR count). The van der Waals surface area contributed by atoms with E-state index >= 15 is 0 Å². The molecule has 1 aliphatic rings. The van der Waals surface area contributed by atoms with E-state index in [0.29, 0.717) is 31.1 Å². The summed E-state index contributed by atoms with van der Waals surface area (Å²) in [5.41, 5.74) is -0.250. The molecule has 1 amide bonds. The molecule has 1 fully saturated rings. The van der Waals surface area contributed by atoms with Crippen LogP contribution in [-0.2, 0) is 11.3 Å². The number of methoxy groups -OCH3 is 1. The van der Waals surface area contributed by atoms with E-state index in [1.165, 1.54) is 27.0 Å². The number of hydrogen-bond acceptors (Lipinski definition) is 7. The Morgan fingerprint density at radius 3 is 2.13 bits per heavy atom. The van der Waals surface area contributed by atoms with Gasteiger partial charge in [-0.2, -0.15) is 4.39 Å². The highest BCUT2D eigenvalue weighted by atomic mass is 19.1. The smallest absolute Gasteiger partial charge is 0.347 e. The number of carbonyl (C=O) groups excluding carboxylic acids is 1. The number of carboxylic acids is 1. The Morgan fingerprint density at radius 1 is 1.03 bits per heavy atom. The van der Waals surface area contributed by atoms with Gasteiger partial charge < -0.3 is 29.4 Å². The molecule has 0 aromatic heterocycles. The lowest BCUT2D eigenvalue weighted by atomic mass is 10.0. The van der Waals surface area contributed by atoms with Crippen LogP contribution in [0.25, 0.3) is 0 Å². The SMILES string of the molecule is CCOc1cc(CN2CCC(NC(=O)c3cc(OC)cc(OC(C)(C)C(=O)O)c3)CC2)cc(OCC)c1F. The van der Waals surface area contributed by atoms with Gasteiger partial charge in [-0.25, -0.2) is 4.79 Å². The summed E-state index contributed by atoms with van der Waals surface area (Å²) in [4.78, 5) is 26.7. The Kier molecular flexibility index (Phi) is 9.79. The number of nitrogens with zero attached hydrogens (tertiary/aromatic N) is 1. The van der Waals surface area contributed by atoms with Gasteiger partial charge in [0.25, 0.3) is 5.91 Å². The van der Waals surface area contributed by atoms with E-state index in [1.807, 2.05) is 13.8 Å². The molecule has 0 spiro atoms. The first-order chi connectivity index (χ1) is 18.1. The van der Waals surface area contributed by atoms with Gasteiger partial charge in [-0.15, -0.1) is 0 Å². The monoisotopic (exact) mass is 532 g/mol. The van der Waals surface area contributed by atoms with Crippen molar-refractivity contribution < 1.29 is 38.0 Å². The fourth-order valence-corrected chi connectivity index (χ4v) is 4.22. The Bertz CT molecular complexity index is 1100. The average Bonchev–Trinajstić information content (AvgIpc) is 2.87. The number of likely N-dealkylation sites (tertiary alicyclic amines) is 1. The highest BCUT2D eigenvalue weighted by molar-refractivity contribution is 5.95. The van der Waals surface area contributed by atoms with Gasteiger partial charge >= 0.3 is 5.97 Å². The summed E-state index contributed by atoms with van der Waals surface area (Å²) in [6.45, 7) is 9.29. The zero-order valence-electron chi connectivity index (χ0n) is 22.6. The number of benzene rings is 2. The van der Waals surface area contributed by atoms with E-state index in [1.54, 1.807) is 24.3 Å². The molecule has 1 aliphatic heterocycles. The van der Waals surface area contributed by atoms with Crippen LogP contribution in [0.15, 0.2) is 30.3 Å². The van der Waals surface area contributed by atoms with Crippen LogP contribution in [0.2, 0.25) is 0 Å². The summed E-state index contributed by atoms with van der Waals surface area (Å²) in [6, 6.07) is 8.04. The van der Waals surface area contributed by atoms with Crippen molar-refractivity contribution in [2.45, 2.75) is 58.7 Å². The van der Waals surface area contributed by atoms with Crippen LogP contribution >= 0.6 is 0 Å². The number of piperidine rings is 1. The number of carboxylic acid groups (broad SMARTS) is 1. The summed E-state index contributed by atoms with van der Waals surface area (Å²) in [6.07, 6.45) is 1.48. The predicted molar refractivity (Wildman–Crippen MR) is 140 cm³/mol. The quantitative estimate of drug-likeness (QED) is 0.418. The van der Waals surface area contributed by atoms with Gasteiger partial charge in [-0.05, 0) is 70.4 Å².